The van der Waals surface area contributed by atoms with E-state index in [0.29, 0.717) is 5.54 Å². The third-order valence-electron chi connectivity index (χ3n) is 4.07. The molecule has 2 aromatic rings. The fraction of sp³-hybridized carbons (Fsp3) is 0.294. The zero-order valence-electron chi connectivity index (χ0n) is 12.1. The van der Waals surface area contributed by atoms with Crippen molar-refractivity contribution in [2.75, 3.05) is 0 Å². The molecule has 1 aliphatic carbocycles. The lowest BCUT2D eigenvalue weighted by atomic mass is 9.92. The second-order valence-electron chi connectivity index (χ2n) is 5.89. The van der Waals surface area contributed by atoms with Crippen molar-refractivity contribution in [3.63, 3.8) is 0 Å². The largest absolute Gasteiger partial charge is 0.0799 e. The van der Waals surface area contributed by atoms with Gasteiger partial charge in [-0.05, 0) is 27.4 Å². The van der Waals surface area contributed by atoms with Gasteiger partial charge in [-0.3, -0.25) is 0 Å². The van der Waals surface area contributed by atoms with Crippen LogP contribution < -0.4 is 5.19 Å². The molecule has 0 saturated carbocycles. The van der Waals surface area contributed by atoms with Gasteiger partial charge < -0.3 is 0 Å². The van der Waals surface area contributed by atoms with Gasteiger partial charge in [0, 0.05) is 0 Å². The Kier molecular flexibility index (Phi) is 3.23. The van der Waals surface area contributed by atoms with Gasteiger partial charge in [0.2, 0.25) is 0 Å². The van der Waals surface area contributed by atoms with Crippen molar-refractivity contribution >= 4 is 39.6 Å². The quantitative estimate of drug-likeness (QED) is 0.723. The first kappa shape index (κ1) is 12.9. The molecule has 3 rings (SSSR count). The Morgan fingerprint density at radius 3 is 2.42 bits per heavy atom. The first-order valence-corrected chi connectivity index (χ1v) is 12.0. The molecule has 0 heterocycles. The maximum Gasteiger partial charge on any atom is 0.0799 e. The highest BCUT2D eigenvalue weighted by Crippen LogP contribution is 2.35. The van der Waals surface area contributed by atoms with Crippen LogP contribution in [0, 0.1) is 0 Å². The smallest absolute Gasteiger partial charge is 0.0794 e. The molecule has 0 aromatic heterocycles. The lowest BCUT2D eigenvalue weighted by Gasteiger charge is -2.25. The average molecular weight is 281 g/mol. The summed E-state index contributed by atoms with van der Waals surface area (Å²) in [5, 5.41) is 4.53. The molecule has 96 valence electrons. The van der Waals surface area contributed by atoms with Crippen molar-refractivity contribution < 1.29 is 0 Å². The van der Waals surface area contributed by atoms with E-state index in [1.807, 2.05) is 0 Å². The molecule has 0 saturated heterocycles. The lowest BCUT2D eigenvalue weighted by molar-refractivity contribution is 1.19. The molecule has 2 heteroatoms. The number of rotatable bonds is 2. The minimum atomic E-state index is -0.407. The number of benzene rings is 2. The topological polar surface area (TPSA) is 0 Å². The molecule has 1 aliphatic rings. The lowest BCUT2D eigenvalue weighted by Crippen LogP contribution is -2.27. The zero-order valence-corrected chi connectivity index (χ0v) is 14.1. The normalized spacial score (nSPS) is 17.7. The Bertz CT molecular complexity index is 654. The SMILES string of the molecule is C[Si](C)c1ccc2cccc3c2c1C=CC3[Si](C)C. The van der Waals surface area contributed by atoms with E-state index in [0.717, 1.165) is 0 Å². The summed E-state index contributed by atoms with van der Waals surface area (Å²) >= 11 is 0. The molecular weight excluding hydrogens is 260 g/mol. The van der Waals surface area contributed by atoms with Crippen molar-refractivity contribution in [3.05, 3.63) is 47.5 Å². The van der Waals surface area contributed by atoms with Crippen LogP contribution in [0.1, 0.15) is 16.7 Å². The van der Waals surface area contributed by atoms with Gasteiger partial charge in [-0.15, -0.1) is 0 Å². The molecule has 0 amide bonds. The van der Waals surface area contributed by atoms with Crippen LogP contribution in [-0.4, -0.2) is 17.6 Å². The van der Waals surface area contributed by atoms with Crippen LogP contribution in [0.3, 0.4) is 0 Å². The van der Waals surface area contributed by atoms with E-state index >= 15 is 0 Å². The van der Waals surface area contributed by atoms with Crippen LogP contribution >= 0.6 is 0 Å². The minimum absolute atomic E-state index is 0.333. The van der Waals surface area contributed by atoms with Gasteiger partial charge >= 0.3 is 0 Å². The summed E-state index contributed by atoms with van der Waals surface area (Å²) in [5.74, 6) is 0. The Balaban J connectivity index is 2.35. The van der Waals surface area contributed by atoms with Gasteiger partial charge in [0.05, 0.1) is 17.6 Å². The molecule has 0 bridgehead atoms. The summed E-state index contributed by atoms with van der Waals surface area (Å²) in [6, 6.07) is 11.5. The standard InChI is InChI=1S/C17H20Si2/c1-18(2)15-10-8-12-6-5-7-13-16(19(3)4)11-9-14(15)17(12)13/h5-11,16H,1-4H3. The number of allylic oxidation sites excluding steroid dienone is 1. The van der Waals surface area contributed by atoms with Gasteiger partial charge in [-0.25, -0.2) is 0 Å². The molecule has 19 heavy (non-hydrogen) atoms. The molecular formula is C17H20Si2. The van der Waals surface area contributed by atoms with E-state index in [4.69, 9.17) is 0 Å². The second kappa shape index (κ2) is 4.76. The van der Waals surface area contributed by atoms with Crippen molar-refractivity contribution in [2.45, 2.75) is 31.7 Å². The molecule has 1 atom stereocenters. The minimum Gasteiger partial charge on any atom is -0.0794 e. The zero-order chi connectivity index (χ0) is 13.6. The van der Waals surface area contributed by atoms with Crippen LogP contribution in [0.15, 0.2) is 36.4 Å². The van der Waals surface area contributed by atoms with Crippen molar-refractivity contribution in [2.24, 2.45) is 0 Å². The van der Waals surface area contributed by atoms with E-state index in [1.54, 1.807) is 10.8 Å². The number of hydrogen-bond donors (Lipinski definition) is 0. The summed E-state index contributed by atoms with van der Waals surface area (Å²) in [6.45, 7) is 9.61. The van der Waals surface area contributed by atoms with E-state index in [1.165, 1.54) is 16.3 Å². The van der Waals surface area contributed by atoms with E-state index in [2.05, 4.69) is 68.7 Å². The fourth-order valence-corrected chi connectivity index (χ4v) is 5.61. The molecule has 0 N–H and O–H groups in total. The van der Waals surface area contributed by atoms with Gasteiger partial charge in [-0.2, -0.15) is 0 Å². The van der Waals surface area contributed by atoms with Crippen LogP contribution in [-0.2, 0) is 0 Å². The van der Waals surface area contributed by atoms with E-state index < -0.39 is 8.80 Å². The summed E-state index contributed by atoms with van der Waals surface area (Å²) in [5.41, 5.74) is 3.74. The molecule has 2 radical (unpaired) electrons. The Hall–Kier alpha value is -1.13. The van der Waals surface area contributed by atoms with Crippen LogP contribution in [0.4, 0.5) is 0 Å². The predicted octanol–water partition coefficient (Wildman–Crippen LogP) is 4.21. The van der Waals surface area contributed by atoms with Crippen LogP contribution in [0.5, 0.6) is 0 Å². The first-order chi connectivity index (χ1) is 9.09. The van der Waals surface area contributed by atoms with Gasteiger partial charge in [0.15, 0.2) is 0 Å². The highest BCUT2D eigenvalue weighted by molar-refractivity contribution is 6.72. The third kappa shape index (κ3) is 2.03. The highest BCUT2D eigenvalue weighted by atomic mass is 28.3. The molecule has 2 aromatic carbocycles. The Morgan fingerprint density at radius 1 is 0.947 bits per heavy atom. The maximum absolute atomic E-state index is 2.46. The molecule has 0 nitrogen and oxygen atoms in total. The van der Waals surface area contributed by atoms with Crippen LogP contribution in [0.2, 0.25) is 26.2 Å². The van der Waals surface area contributed by atoms with Crippen molar-refractivity contribution in [1.29, 1.82) is 0 Å². The molecule has 0 fully saturated rings. The average Bonchev–Trinajstić information content (AvgIpc) is 2.39. The summed E-state index contributed by atoms with van der Waals surface area (Å²) in [6.07, 6.45) is 4.87. The summed E-state index contributed by atoms with van der Waals surface area (Å²) in [7, 11) is -0.740. The fourth-order valence-electron chi connectivity index (χ4n) is 3.10. The molecule has 1 unspecified atom stereocenters. The van der Waals surface area contributed by atoms with Gasteiger partial charge in [0.1, 0.15) is 0 Å². The molecule has 0 aliphatic heterocycles. The monoisotopic (exact) mass is 280 g/mol. The second-order valence-corrected chi connectivity index (χ2v) is 11.2. The van der Waals surface area contributed by atoms with Crippen LogP contribution in [0.25, 0.3) is 16.8 Å². The summed E-state index contributed by atoms with van der Waals surface area (Å²) < 4.78 is 0. The Labute approximate surface area is 119 Å². The summed E-state index contributed by atoms with van der Waals surface area (Å²) in [4.78, 5) is 0. The Morgan fingerprint density at radius 2 is 1.74 bits per heavy atom. The van der Waals surface area contributed by atoms with Gasteiger partial charge in [-0.1, -0.05) is 73.9 Å². The predicted molar refractivity (Wildman–Crippen MR) is 90.3 cm³/mol. The van der Waals surface area contributed by atoms with E-state index in [9.17, 15) is 0 Å². The van der Waals surface area contributed by atoms with Crippen molar-refractivity contribution in [1.82, 2.24) is 0 Å². The maximum atomic E-state index is 2.46. The van der Waals surface area contributed by atoms with Crippen molar-refractivity contribution in [3.8, 4) is 0 Å². The van der Waals surface area contributed by atoms with E-state index in [-0.39, 0.29) is 8.80 Å². The number of hydrogen-bond acceptors (Lipinski definition) is 0. The molecule has 0 spiro atoms. The third-order valence-corrected chi connectivity index (χ3v) is 7.33. The highest BCUT2D eigenvalue weighted by Gasteiger charge is 2.22. The van der Waals surface area contributed by atoms with Gasteiger partial charge in [0.25, 0.3) is 0 Å². The first-order valence-electron chi connectivity index (χ1n) is 6.94.